The average molecular weight is 498 g/mol. The van der Waals surface area contributed by atoms with E-state index >= 15 is 0 Å². The highest BCUT2D eigenvalue weighted by Gasteiger charge is 2.08. The Labute approximate surface area is 182 Å². The van der Waals surface area contributed by atoms with E-state index < -0.39 is 0 Å². The summed E-state index contributed by atoms with van der Waals surface area (Å²) in [6.45, 7) is 2.58. The van der Waals surface area contributed by atoms with Gasteiger partial charge in [0.15, 0.2) is 5.96 Å². The van der Waals surface area contributed by atoms with Crippen molar-refractivity contribution in [3.05, 3.63) is 54.6 Å². The average Bonchev–Trinajstić information content (AvgIpc) is 2.69. The highest BCUT2D eigenvalue weighted by Crippen LogP contribution is 2.19. The molecule has 152 valence electrons. The lowest BCUT2D eigenvalue weighted by molar-refractivity contribution is -0.115. The van der Waals surface area contributed by atoms with Gasteiger partial charge in [0, 0.05) is 18.8 Å². The zero-order chi connectivity index (χ0) is 19.5. The van der Waals surface area contributed by atoms with E-state index in [-0.39, 0.29) is 42.5 Å². The van der Waals surface area contributed by atoms with Crippen LogP contribution < -0.4 is 25.4 Å². The normalized spacial score (nSPS) is 11.6. The molecule has 0 aliphatic rings. The Balaban J connectivity index is 0.00000392. The second-order valence-electron chi connectivity index (χ2n) is 5.83. The molecule has 0 aliphatic heterocycles. The van der Waals surface area contributed by atoms with Crippen LogP contribution in [0, 0.1) is 0 Å². The van der Waals surface area contributed by atoms with E-state index in [1.165, 1.54) is 0 Å². The number of anilines is 1. The van der Waals surface area contributed by atoms with E-state index in [0.717, 1.165) is 17.2 Å². The molecule has 7 nitrogen and oxygen atoms in total. The molecule has 2 rings (SSSR count). The molecule has 8 heteroatoms. The van der Waals surface area contributed by atoms with Crippen molar-refractivity contribution in [3.63, 3.8) is 0 Å². The molecule has 3 N–H and O–H groups in total. The minimum atomic E-state index is -0.148. The number of rotatable bonds is 8. The van der Waals surface area contributed by atoms with Gasteiger partial charge in [-0.1, -0.05) is 24.3 Å². The van der Waals surface area contributed by atoms with Crippen molar-refractivity contribution in [2.75, 3.05) is 32.6 Å². The first-order valence-corrected chi connectivity index (χ1v) is 8.71. The number of carbonyl (C=O) groups excluding carboxylic acids is 1. The summed E-state index contributed by atoms with van der Waals surface area (Å²) in [7, 11) is 3.27. The van der Waals surface area contributed by atoms with Crippen LogP contribution in [0.2, 0.25) is 0 Å². The number of halogens is 1. The van der Waals surface area contributed by atoms with Gasteiger partial charge in [-0.2, -0.15) is 0 Å². The molecule has 0 heterocycles. The Morgan fingerprint density at radius 3 is 2.46 bits per heavy atom. The van der Waals surface area contributed by atoms with Crippen LogP contribution in [0.4, 0.5) is 5.69 Å². The van der Waals surface area contributed by atoms with E-state index in [9.17, 15) is 4.79 Å². The van der Waals surface area contributed by atoms with Crippen LogP contribution in [-0.4, -0.2) is 45.2 Å². The molecule has 1 amide bonds. The maximum Gasteiger partial charge on any atom is 0.243 e. The molecule has 0 fully saturated rings. The van der Waals surface area contributed by atoms with Crippen molar-refractivity contribution >= 4 is 41.5 Å². The van der Waals surface area contributed by atoms with Crippen LogP contribution in [0.5, 0.6) is 11.5 Å². The van der Waals surface area contributed by atoms with Crippen molar-refractivity contribution in [3.8, 4) is 11.5 Å². The summed E-state index contributed by atoms with van der Waals surface area (Å²) in [4.78, 5) is 16.1. The van der Waals surface area contributed by atoms with Gasteiger partial charge in [-0.15, -0.1) is 24.0 Å². The smallest absolute Gasteiger partial charge is 0.243 e. The lowest BCUT2D eigenvalue weighted by atomic mass is 10.3. The summed E-state index contributed by atoms with van der Waals surface area (Å²) < 4.78 is 11.0. The van der Waals surface area contributed by atoms with E-state index in [1.807, 2.05) is 61.5 Å². The lowest BCUT2D eigenvalue weighted by Crippen LogP contribution is -2.44. The molecule has 1 unspecified atom stereocenters. The second kappa shape index (κ2) is 12.8. The molecule has 2 aromatic rings. The Hall–Kier alpha value is -2.49. The number of hydrogen-bond donors (Lipinski definition) is 3. The Bertz CT molecular complexity index is 756. The molecule has 1 atom stereocenters. The maximum absolute atomic E-state index is 12.0. The first-order valence-electron chi connectivity index (χ1n) is 8.71. The van der Waals surface area contributed by atoms with Crippen molar-refractivity contribution in [2.45, 2.75) is 13.0 Å². The van der Waals surface area contributed by atoms with E-state index in [2.05, 4.69) is 20.9 Å². The van der Waals surface area contributed by atoms with Gasteiger partial charge in [0.2, 0.25) is 5.91 Å². The highest BCUT2D eigenvalue weighted by atomic mass is 127. The number of nitrogens with zero attached hydrogens (tertiary/aromatic N) is 1. The third-order valence-corrected chi connectivity index (χ3v) is 3.63. The summed E-state index contributed by atoms with van der Waals surface area (Å²) in [5.74, 6) is 1.85. The number of amides is 1. The van der Waals surface area contributed by atoms with Gasteiger partial charge in [-0.05, 0) is 31.2 Å². The molecule has 0 bridgehead atoms. The maximum atomic E-state index is 12.0. The number of carbonyl (C=O) groups is 1. The van der Waals surface area contributed by atoms with E-state index in [4.69, 9.17) is 9.47 Å². The Morgan fingerprint density at radius 1 is 1.07 bits per heavy atom. The van der Waals surface area contributed by atoms with Crippen molar-refractivity contribution in [1.82, 2.24) is 10.6 Å². The van der Waals surface area contributed by atoms with Crippen LogP contribution in [0.3, 0.4) is 0 Å². The van der Waals surface area contributed by atoms with Gasteiger partial charge in [0.1, 0.15) is 17.6 Å². The van der Waals surface area contributed by atoms with Crippen molar-refractivity contribution in [2.24, 2.45) is 4.99 Å². The summed E-state index contributed by atoms with van der Waals surface area (Å²) >= 11 is 0. The number of aliphatic imine (C=N–C) groups is 1. The summed E-state index contributed by atoms with van der Waals surface area (Å²) in [5.41, 5.74) is 0.757. The lowest BCUT2D eigenvalue weighted by Gasteiger charge is -2.18. The van der Waals surface area contributed by atoms with Gasteiger partial charge in [-0.3, -0.25) is 9.79 Å². The van der Waals surface area contributed by atoms with E-state index in [0.29, 0.717) is 12.5 Å². The highest BCUT2D eigenvalue weighted by molar-refractivity contribution is 14.0. The predicted molar refractivity (Wildman–Crippen MR) is 123 cm³/mol. The van der Waals surface area contributed by atoms with Gasteiger partial charge in [-0.25, -0.2) is 0 Å². The molecule has 0 spiro atoms. The van der Waals surface area contributed by atoms with E-state index in [1.54, 1.807) is 14.2 Å². The predicted octanol–water partition coefficient (Wildman–Crippen LogP) is 2.88. The minimum Gasteiger partial charge on any atom is -0.497 e. The monoisotopic (exact) mass is 498 g/mol. The number of nitrogens with one attached hydrogen (secondary N) is 3. The zero-order valence-electron chi connectivity index (χ0n) is 16.3. The van der Waals surface area contributed by atoms with Crippen LogP contribution >= 0.6 is 24.0 Å². The fraction of sp³-hybridized carbons (Fsp3) is 0.300. The third-order valence-electron chi connectivity index (χ3n) is 3.63. The number of hydrogen-bond acceptors (Lipinski definition) is 4. The molecular weight excluding hydrogens is 471 g/mol. The topological polar surface area (TPSA) is 84.0 Å². The quantitative estimate of drug-likeness (QED) is 0.296. The Kier molecular flexibility index (Phi) is 10.8. The molecule has 28 heavy (non-hydrogen) atoms. The van der Waals surface area contributed by atoms with Crippen LogP contribution in [-0.2, 0) is 4.79 Å². The fourth-order valence-electron chi connectivity index (χ4n) is 2.30. The first-order chi connectivity index (χ1) is 13.1. The summed E-state index contributed by atoms with van der Waals surface area (Å²) in [6, 6.07) is 16.7. The first kappa shape index (κ1) is 23.5. The van der Waals surface area contributed by atoms with Gasteiger partial charge >= 0.3 is 0 Å². The standard InChI is InChI=1S/C20H26N4O3.HI/c1-15(27-18-11-7-10-17(12-18)26-3)13-22-20(21-2)23-14-19(25)24-16-8-5-4-6-9-16;/h4-12,15H,13-14H2,1-3H3,(H,24,25)(H2,21,22,23);1H. The number of ether oxygens (including phenoxy) is 2. The van der Waals surface area contributed by atoms with Gasteiger partial charge in [0.25, 0.3) is 0 Å². The van der Waals surface area contributed by atoms with Crippen LogP contribution in [0.1, 0.15) is 6.92 Å². The summed E-state index contributed by atoms with van der Waals surface area (Å²) in [6.07, 6.45) is -0.103. The third kappa shape index (κ3) is 8.47. The molecule has 0 saturated heterocycles. The summed E-state index contributed by atoms with van der Waals surface area (Å²) in [5, 5.41) is 8.93. The molecule has 0 saturated carbocycles. The molecule has 2 aromatic carbocycles. The molecular formula is C20H27IN4O3. The SMILES string of the molecule is CN=C(NCC(=O)Nc1ccccc1)NCC(C)Oc1cccc(OC)c1.I. The molecule has 0 radical (unpaired) electrons. The molecule has 0 aromatic heterocycles. The fourth-order valence-corrected chi connectivity index (χ4v) is 2.30. The molecule has 0 aliphatic carbocycles. The zero-order valence-corrected chi connectivity index (χ0v) is 18.6. The second-order valence-corrected chi connectivity index (χ2v) is 5.83. The van der Waals surface area contributed by atoms with Crippen molar-refractivity contribution in [1.29, 1.82) is 0 Å². The minimum absolute atomic E-state index is 0. The van der Waals surface area contributed by atoms with Crippen molar-refractivity contribution < 1.29 is 14.3 Å². The largest absolute Gasteiger partial charge is 0.497 e. The van der Waals surface area contributed by atoms with Crippen LogP contribution in [0.15, 0.2) is 59.6 Å². The van der Waals surface area contributed by atoms with Gasteiger partial charge < -0.3 is 25.4 Å². The number of para-hydroxylation sites is 1. The number of guanidine groups is 1. The number of benzene rings is 2. The van der Waals surface area contributed by atoms with Gasteiger partial charge in [0.05, 0.1) is 20.2 Å². The Morgan fingerprint density at radius 2 is 1.79 bits per heavy atom. The number of methoxy groups -OCH3 is 1. The van der Waals surface area contributed by atoms with Crippen LogP contribution in [0.25, 0.3) is 0 Å².